The quantitative estimate of drug-likeness (QED) is 0.160. The zero-order valence-corrected chi connectivity index (χ0v) is 38.5. The van der Waals surface area contributed by atoms with Gasteiger partial charge in [-0.1, -0.05) is 61.5 Å². The molecule has 0 bridgehead atoms. The zero-order chi connectivity index (χ0) is 44.1. The molecule has 0 aliphatic carbocycles. The van der Waals surface area contributed by atoms with Gasteiger partial charge in [-0.2, -0.15) is 0 Å². The molecular weight excluding hydrogens is 773 g/mol. The van der Waals surface area contributed by atoms with E-state index in [0.717, 1.165) is 25.7 Å². The van der Waals surface area contributed by atoms with E-state index in [1.54, 1.807) is 21.0 Å². The van der Waals surface area contributed by atoms with Crippen LogP contribution < -0.4 is 0 Å². The number of rotatable bonds is 13. The van der Waals surface area contributed by atoms with Crippen LogP contribution in [-0.2, 0) is 47.5 Å². The van der Waals surface area contributed by atoms with Crippen molar-refractivity contribution in [1.82, 2.24) is 0 Å². The Hall–Kier alpha value is -1.52. The molecule has 0 aromatic heterocycles. The van der Waals surface area contributed by atoms with Gasteiger partial charge in [0, 0.05) is 61.9 Å². The highest BCUT2D eigenvalue weighted by atomic mass is 16.8. The van der Waals surface area contributed by atoms with Gasteiger partial charge in [0.2, 0.25) is 0 Å². The van der Waals surface area contributed by atoms with Gasteiger partial charge < -0.3 is 53.2 Å². The average Bonchev–Trinajstić information content (AvgIpc) is 3.72. The summed E-state index contributed by atoms with van der Waals surface area (Å²) in [6.07, 6.45) is 6.69. The molecule has 13 heteroatoms. The number of ether oxygens (including phenoxy) is 8. The number of allylic oxidation sites excluding steroid dienone is 1. The molecule has 20 atom stereocenters. The summed E-state index contributed by atoms with van der Waals surface area (Å²) in [5.74, 6) is -5.73. The fourth-order valence-corrected chi connectivity index (χ4v) is 11.7. The van der Waals surface area contributed by atoms with Crippen molar-refractivity contribution >= 4 is 11.8 Å². The summed E-state index contributed by atoms with van der Waals surface area (Å²) in [5, 5.41) is 30.7. The van der Waals surface area contributed by atoms with E-state index in [1.165, 1.54) is 0 Å². The largest absolute Gasteiger partial charge is 0.481 e. The molecule has 1 unspecified atom stereocenters. The summed E-state index contributed by atoms with van der Waals surface area (Å²) < 4.78 is 54.0. The lowest BCUT2D eigenvalue weighted by molar-refractivity contribution is -0.382. The molecule has 6 fully saturated rings. The molecule has 0 amide bonds. The third-order valence-corrected chi connectivity index (χ3v) is 15.9. The zero-order valence-electron chi connectivity index (χ0n) is 38.5. The van der Waals surface area contributed by atoms with Crippen LogP contribution in [0.25, 0.3) is 0 Å². The number of aliphatic hydroxyl groups excluding tert-OH is 1. The van der Waals surface area contributed by atoms with E-state index in [2.05, 4.69) is 41.5 Å². The maximum Gasteiger partial charge on any atom is 0.306 e. The minimum absolute atomic E-state index is 0.0101. The Morgan fingerprint density at radius 3 is 2.22 bits per heavy atom. The molecule has 6 rings (SSSR count). The Bertz CT molecular complexity index is 1540. The number of hydrogen-bond acceptors (Lipinski definition) is 12. The molecule has 60 heavy (non-hydrogen) atoms. The van der Waals surface area contributed by atoms with Crippen LogP contribution in [0.1, 0.15) is 140 Å². The van der Waals surface area contributed by atoms with E-state index in [4.69, 9.17) is 37.9 Å². The van der Waals surface area contributed by atoms with Crippen LogP contribution in [-0.4, -0.2) is 113 Å². The van der Waals surface area contributed by atoms with E-state index in [1.807, 2.05) is 26.8 Å². The van der Waals surface area contributed by atoms with Crippen molar-refractivity contribution in [3.63, 3.8) is 0 Å². The van der Waals surface area contributed by atoms with Crippen LogP contribution in [0.15, 0.2) is 11.6 Å². The first-order valence-corrected chi connectivity index (χ1v) is 23.1. The first-order valence-electron chi connectivity index (χ1n) is 23.1. The molecule has 0 radical (unpaired) electrons. The Morgan fingerprint density at radius 1 is 0.850 bits per heavy atom. The number of aliphatic carboxylic acids is 1. The van der Waals surface area contributed by atoms with Crippen molar-refractivity contribution in [3.05, 3.63) is 11.6 Å². The number of hydrogen-bond donors (Lipinski definition) is 3. The van der Waals surface area contributed by atoms with Gasteiger partial charge in [-0.3, -0.25) is 9.59 Å². The van der Waals surface area contributed by atoms with Crippen molar-refractivity contribution in [2.45, 2.75) is 212 Å². The summed E-state index contributed by atoms with van der Waals surface area (Å²) in [6.45, 7) is 21.6. The highest BCUT2D eigenvalue weighted by Gasteiger charge is 2.64. The summed E-state index contributed by atoms with van der Waals surface area (Å²) in [7, 11) is 1.71. The Kier molecular flexibility index (Phi) is 14.8. The number of carbonyl (C=O) groups excluding carboxylic acids is 1. The molecular formula is C47H78O13. The third kappa shape index (κ3) is 9.33. The lowest BCUT2D eigenvalue weighted by atomic mass is 9.78. The molecule has 2 spiro atoms. The number of carbonyl (C=O) groups is 2. The fourth-order valence-electron chi connectivity index (χ4n) is 11.7. The lowest BCUT2D eigenvalue weighted by Crippen LogP contribution is -2.60. The number of methoxy groups -OCH3 is 1. The number of ketones is 1. The summed E-state index contributed by atoms with van der Waals surface area (Å²) in [5.41, 5.74) is -0.116. The van der Waals surface area contributed by atoms with Crippen LogP contribution in [0.5, 0.6) is 0 Å². The third-order valence-electron chi connectivity index (χ3n) is 15.9. The summed E-state index contributed by atoms with van der Waals surface area (Å²) in [4.78, 5) is 25.0. The number of carboxylic acid groups (broad SMARTS) is 1. The SMILES string of the molecule is CO[C@H]1CC[C@H](O[C@@H]2C[C@@H]([C@@H](C)/C=C(\C)C(=O)[C@H](C)C[C@H](C)C(=O)O)O[C@@]3(CC[C@@](C)([C@H]4CC[C@@H](C)C5(O[C@@H]([C@H]6O[C@@](O)(CO)[C@@H](C)C[C@@H]6C)C[C@@H]5C)O4)O3)[C@@H]2C)O[C@@H]1C. The average molecular weight is 851 g/mol. The second kappa shape index (κ2) is 18.5. The minimum Gasteiger partial charge on any atom is -0.481 e. The Balaban J connectivity index is 1.22. The summed E-state index contributed by atoms with van der Waals surface area (Å²) in [6, 6.07) is 0. The smallest absolute Gasteiger partial charge is 0.306 e. The fraction of sp³-hybridized carbons (Fsp3) is 0.915. The molecule has 6 aliphatic heterocycles. The Morgan fingerprint density at radius 2 is 1.57 bits per heavy atom. The monoisotopic (exact) mass is 851 g/mol. The molecule has 6 aliphatic rings. The van der Waals surface area contributed by atoms with Crippen molar-refractivity contribution in [3.8, 4) is 0 Å². The molecule has 344 valence electrons. The maximum absolute atomic E-state index is 13.5. The Labute approximate surface area is 358 Å². The van der Waals surface area contributed by atoms with Gasteiger partial charge in [-0.25, -0.2) is 0 Å². The maximum atomic E-state index is 13.5. The lowest BCUT2D eigenvalue weighted by Gasteiger charge is -2.52. The predicted molar refractivity (Wildman–Crippen MR) is 222 cm³/mol. The molecule has 3 N–H and O–H groups in total. The van der Waals surface area contributed by atoms with Crippen LogP contribution in [0.4, 0.5) is 0 Å². The molecule has 0 aromatic rings. The van der Waals surface area contributed by atoms with Gasteiger partial charge in [0.1, 0.15) is 0 Å². The van der Waals surface area contributed by atoms with Gasteiger partial charge in [-0.15, -0.1) is 0 Å². The van der Waals surface area contributed by atoms with Crippen molar-refractivity contribution in [1.29, 1.82) is 0 Å². The first kappa shape index (κ1) is 47.9. The van der Waals surface area contributed by atoms with Gasteiger partial charge in [-0.05, 0) is 77.2 Å². The van der Waals surface area contributed by atoms with Crippen molar-refractivity contribution < 1.29 is 62.8 Å². The van der Waals surface area contributed by atoms with Crippen LogP contribution in [0.2, 0.25) is 0 Å². The topological polar surface area (TPSA) is 169 Å². The van der Waals surface area contributed by atoms with Gasteiger partial charge in [0.05, 0.1) is 60.9 Å². The molecule has 0 saturated carbocycles. The van der Waals surface area contributed by atoms with Gasteiger partial charge in [0.15, 0.2) is 29.4 Å². The molecule has 6 heterocycles. The van der Waals surface area contributed by atoms with E-state index >= 15 is 0 Å². The van der Waals surface area contributed by atoms with Crippen LogP contribution in [0, 0.1) is 47.3 Å². The van der Waals surface area contributed by atoms with E-state index in [0.29, 0.717) is 37.7 Å². The minimum atomic E-state index is -1.61. The van der Waals surface area contributed by atoms with E-state index < -0.39 is 53.7 Å². The summed E-state index contributed by atoms with van der Waals surface area (Å²) >= 11 is 0. The predicted octanol–water partition coefficient (Wildman–Crippen LogP) is 7.18. The van der Waals surface area contributed by atoms with Crippen molar-refractivity contribution in [2.75, 3.05) is 13.7 Å². The highest BCUT2D eigenvalue weighted by molar-refractivity contribution is 5.96. The standard InChI is InChI=1S/C47H78O13/c1-25(19-26(2)41(49)27(3)20-29(5)43(50)51)36-23-37(55-40-16-14-35(53-12)34(10)54-40)33(9)46(56-36)18-17-44(11,60-46)39-15-13-30(6)47(58-39)32(8)22-38(57-47)42-28(4)21-31(7)45(52,24-48)59-42/h19,25,27-40,42,48,52H,13-18,20-24H2,1-12H3,(H,50,51)/b26-19+/t25-,27+,28-,29-,30+,31-,32-,33+,34+,35-,36-,37+,38+,39+,40-,42-,44-,45-,46+,47?/m0/s1. The number of aliphatic hydroxyl groups is 2. The highest BCUT2D eigenvalue weighted by Crippen LogP contribution is 2.57. The second-order valence-corrected chi connectivity index (χ2v) is 20.5. The molecule has 6 saturated heterocycles. The van der Waals surface area contributed by atoms with Crippen molar-refractivity contribution in [2.24, 2.45) is 47.3 Å². The second-order valence-electron chi connectivity index (χ2n) is 20.5. The van der Waals surface area contributed by atoms with E-state index in [-0.39, 0.29) is 90.4 Å². The van der Waals surface area contributed by atoms with Gasteiger partial charge in [0.25, 0.3) is 0 Å². The van der Waals surface area contributed by atoms with Crippen LogP contribution >= 0.6 is 0 Å². The normalized spacial score (nSPS) is 48.0. The van der Waals surface area contributed by atoms with Gasteiger partial charge >= 0.3 is 5.97 Å². The molecule has 13 nitrogen and oxygen atoms in total. The first-order chi connectivity index (χ1) is 28.1. The van der Waals surface area contributed by atoms with Crippen LogP contribution in [0.3, 0.4) is 0 Å². The number of carboxylic acids is 1. The number of Topliss-reactive ketones (excluding diaryl/α,β-unsaturated/α-hetero) is 1. The van der Waals surface area contributed by atoms with E-state index in [9.17, 15) is 24.9 Å². The molecule has 0 aromatic carbocycles.